The second-order valence-corrected chi connectivity index (χ2v) is 6.94. The highest BCUT2D eigenvalue weighted by Crippen LogP contribution is 2.28. The van der Waals surface area contributed by atoms with Gasteiger partial charge in [-0.05, 0) is 38.7 Å². The zero-order valence-electron chi connectivity index (χ0n) is 11.2. The number of halogens is 1. The predicted molar refractivity (Wildman–Crippen MR) is 75.1 cm³/mol. The molecule has 0 aliphatic rings. The number of hydrogen-bond donors (Lipinski definition) is 1. The average Bonchev–Trinajstić information content (AvgIpc) is 2.33. The molecule has 0 saturated carbocycles. The summed E-state index contributed by atoms with van der Waals surface area (Å²) in [5, 5.41) is 8.86. The number of carboxylic acids is 1. The van der Waals surface area contributed by atoms with Gasteiger partial charge in [-0.1, -0.05) is 0 Å². The van der Waals surface area contributed by atoms with Crippen LogP contribution >= 0.6 is 10.7 Å². The molecule has 1 aromatic carbocycles. The van der Waals surface area contributed by atoms with Crippen LogP contribution in [0.5, 0.6) is 5.75 Å². The minimum absolute atomic E-state index is 0.0590. The molecule has 1 aromatic rings. The first kappa shape index (κ1) is 16.7. The Morgan fingerprint density at radius 3 is 2.55 bits per heavy atom. The summed E-state index contributed by atoms with van der Waals surface area (Å²) in [5.74, 6) is -1.17. The third kappa shape index (κ3) is 4.99. The fourth-order valence-corrected chi connectivity index (χ4v) is 2.51. The first-order valence-corrected chi connectivity index (χ1v) is 8.12. The van der Waals surface area contributed by atoms with Crippen molar-refractivity contribution in [3.05, 3.63) is 23.8 Å². The molecule has 0 amide bonds. The van der Waals surface area contributed by atoms with Crippen molar-refractivity contribution < 1.29 is 23.1 Å². The molecular weight excluding hydrogens is 306 g/mol. The Morgan fingerprint density at radius 2 is 2.05 bits per heavy atom. The molecular formula is C12H16ClNO5S. The van der Waals surface area contributed by atoms with Gasteiger partial charge < -0.3 is 14.7 Å². The zero-order chi connectivity index (χ0) is 15.3. The highest BCUT2D eigenvalue weighted by Gasteiger charge is 2.19. The third-order valence-electron chi connectivity index (χ3n) is 2.46. The fourth-order valence-electron chi connectivity index (χ4n) is 1.51. The smallest absolute Gasteiger partial charge is 0.335 e. The first-order valence-electron chi connectivity index (χ1n) is 5.81. The van der Waals surface area contributed by atoms with Crippen LogP contribution in [0.2, 0.25) is 0 Å². The number of hydrogen-bond acceptors (Lipinski definition) is 5. The molecule has 6 nitrogen and oxygen atoms in total. The van der Waals surface area contributed by atoms with Gasteiger partial charge in [-0.2, -0.15) is 0 Å². The Morgan fingerprint density at radius 1 is 1.40 bits per heavy atom. The lowest BCUT2D eigenvalue weighted by Crippen LogP contribution is -2.16. The van der Waals surface area contributed by atoms with E-state index in [9.17, 15) is 13.2 Å². The molecule has 0 aliphatic heterocycles. The van der Waals surface area contributed by atoms with Crippen LogP contribution in [0.1, 0.15) is 16.8 Å². The zero-order valence-corrected chi connectivity index (χ0v) is 12.7. The number of ether oxygens (including phenoxy) is 1. The van der Waals surface area contributed by atoms with E-state index in [-0.39, 0.29) is 16.2 Å². The number of benzene rings is 1. The standard InChI is InChI=1S/C12H16ClNO5S/c1-14(2)6-3-7-19-10-5-4-9(12(15)16)8-11(10)20(13,17)18/h4-5,8H,3,6-7H2,1-2H3,(H,15,16). The fraction of sp³-hybridized carbons (Fsp3) is 0.417. The van der Waals surface area contributed by atoms with Crippen LogP contribution < -0.4 is 4.74 Å². The molecule has 112 valence electrons. The summed E-state index contributed by atoms with van der Waals surface area (Å²) in [6, 6.07) is 3.56. The van der Waals surface area contributed by atoms with Crippen LogP contribution in [0, 0.1) is 0 Å². The highest BCUT2D eigenvalue weighted by molar-refractivity contribution is 8.13. The van der Waals surface area contributed by atoms with E-state index in [0.717, 1.165) is 12.6 Å². The number of aromatic carboxylic acids is 1. The van der Waals surface area contributed by atoms with E-state index in [2.05, 4.69) is 0 Å². The monoisotopic (exact) mass is 321 g/mol. The van der Waals surface area contributed by atoms with Crippen LogP contribution in [-0.4, -0.2) is 51.6 Å². The Balaban J connectivity index is 2.93. The maximum Gasteiger partial charge on any atom is 0.335 e. The van der Waals surface area contributed by atoms with Gasteiger partial charge in [-0.15, -0.1) is 0 Å². The van der Waals surface area contributed by atoms with E-state index >= 15 is 0 Å². The summed E-state index contributed by atoms with van der Waals surface area (Å²) >= 11 is 0. The second kappa shape index (κ2) is 6.92. The van der Waals surface area contributed by atoms with E-state index in [1.54, 1.807) is 0 Å². The normalized spacial score (nSPS) is 11.6. The number of carbonyl (C=O) groups is 1. The molecule has 0 radical (unpaired) electrons. The molecule has 0 bridgehead atoms. The van der Waals surface area contributed by atoms with Crippen molar-refractivity contribution >= 4 is 25.7 Å². The number of carboxylic acid groups (broad SMARTS) is 1. The molecule has 8 heteroatoms. The van der Waals surface area contributed by atoms with Gasteiger partial charge in [0.15, 0.2) is 0 Å². The minimum Gasteiger partial charge on any atom is -0.492 e. The second-order valence-electron chi connectivity index (χ2n) is 4.41. The average molecular weight is 322 g/mol. The third-order valence-corrected chi connectivity index (χ3v) is 3.80. The number of nitrogens with zero attached hydrogens (tertiary/aromatic N) is 1. The van der Waals surface area contributed by atoms with Gasteiger partial charge in [0.05, 0.1) is 12.2 Å². The Labute approximate surface area is 122 Å². The van der Waals surface area contributed by atoms with Crippen LogP contribution in [-0.2, 0) is 9.05 Å². The van der Waals surface area contributed by atoms with E-state index in [4.69, 9.17) is 20.5 Å². The lowest BCUT2D eigenvalue weighted by atomic mass is 10.2. The van der Waals surface area contributed by atoms with Gasteiger partial charge in [0.2, 0.25) is 0 Å². The largest absolute Gasteiger partial charge is 0.492 e. The molecule has 0 saturated heterocycles. The Bertz CT molecular complexity index is 586. The lowest BCUT2D eigenvalue weighted by Gasteiger charge is -2.12. The molecule has 0 heterocycles. The molecule has 0 aromatic heterocycles. The van der Waals surface area contributed by atoms with Crippen LogP contribution in [0.25, 0.3) is 0 Å². The van der Waals surface area contributed by atoms with Gasteiger partial charge in [0, 0.05) is 17.2 Å². The van der Waals surface area contributed by atoms with E-state index in [0.29, 0.717) is 13.0 Å². The van der Waals surface area contributed by atoms with Gasteiger partial charge in [0.25, 0.3) is 9.05 Å². The summed E-state index contributed by atoms with van der Waals surface area (Å²) in [7, 11) is 5.05. The van der Waals surface area contributed by atoms with Crippen molar-refractivity contribution in [1.82, 2.24) is 4.90 Å². The van der Waals surface area contributed by atoms with Crippen molar-refractivity contribution in [2.24, 2.45) is 0 Å². The molecule has 1 rings (SSSR count). The summed E-state index contributed by atoms with van der Waals surface area (Å²) in [4.78, 5) is 12.5. The molecule has 0 unspecified atom stereocenters. The maximum absolute atomic E-state index is 11.5. The van der Waals surface area contributed by atoms with E-state index in [1.165, 1.54) is 12.1 Å². The summed E-state index contributed by atoms with van der Waals surface area (Å²) < 4.78 is 28.3. The van der Waals surface area contributed by atoms with Gasteiger partial charge in [0.1, 0.15) is 10.6 Å². The van der Waals surface area contributed by atoms with Gasteiger partial charge in [-0.25, -0.2) is 13.2 Å². The van der Waals surface area contributed by atoms with Crippen molar-refractivity contribution in [3.63, 3.8) is 0 Å². The SMILES string of the molecule is CN(C)CCCOc1ccc(C(=O)O)cc1S(=O)(=O)Cl. The highest BCUT2D eigenvalue weighted by atomic mass is 35.7. The first-order chi connectivity index (χ1) is 9.21. The van der Waals surface area contributed by atoms with Crippen LogP contribution in [0.3, 0.4) is 0 Å². The summed E-state index contributed by atoms with van der Waals surface area (Å²) in [6.45, 7) is 1.10. The predicted octanol–water partition coefficient (Wildman–Crippen LogP) is 1.64. The van der Waals surface area contributed by atoms with E-state index in [1.807, 2.05) is 19.0 Å². The molecule has 20 heavy (non-hydrogen) atoms. The van der Waals surface area contributed by atoms with Crippen molar-refractivity contribution in [1.29, 1.82) is 0 Å². The molecule has 1 N–H and O–H groups in total. The van der Waals surface area contributed by atoms with Crippen molar-refractivity contribution in [3.8, 4) is 5.75 Å². The summed E-state index contributed by atoms with van der Waals surface area (Å²) in [6.07, 6.45) is 0.704. The van der Waals surface area contributed by atoms with Crippen molar-refractivity contribution in [2.75, 3.05) is 27.2 Å². The molecule has 0 spiro atoms. The maximum atomic E-state index is 11.5. The van der Waals surface area contributed by atoms with Crippen molar-refractivity contribution in [2.45, 2.75) is 11.3 Å². The Kier molecular flexibility index (Phi) is 5.79. The summed E-state index contributed by atoms with van der Waals surface area (Å²) in [5.41, 5.74) is -0.162. The lowest BCUT2D eigenvalue weighted by molar-refractivity contribution is 0.0696. The molecule has 0 aliphatic carbocycles. The van der Waals surface area contributed by atoms with Gasteiger partial charge >= 0.3 is 5.97 Å². The van der Waals surface area contributed by atoms with Gasteiger partial charge in [-0.3, -0.25) is 0 Å². The topological polar surface area (TPSA) is 83.9 Å². The quantitative estimate of drug-likeness (QED) is 0.607. The van der Waals surface area contributed by atoms with Crippen LogP contribution in [0.4, 0.5) is 0 Å². The number of rotatable bonds is 7. The minimum atomic E-state index is -4.07. The van der Waals surface area contributed by atoms with E-state index < -0.39 is 15.0 Å². The Hall–Kier alpha value is -1.31. The van der Waals surface area contributed by atoms with Crippen LogP contribution in [0.15, 0.2) is 23.1 Å². The molecule has 0 fully saturated rings. The molecule has 0 atom stereocenters.